The van der Waals surface area contributed by atoms with Crippen molar-refractivity contribution in [1.82, 2.24) is 0 Å². The molecule has 0 bridgehead atoms. The van der Waals surface area contributed by atoms with Gasteiger partial charge in [-0.2, -0.15) is 0 Å². The van der Waals surface area contributed by atoms with Crippen molar-refractivity contribution >= 4 is 29.5 Å². The van der Waals surface area contributed by atoms with Crippen molar-refractivity contribution in [1.29, 1.82) is 0 Å². The lowest BCUT2D eigenvalue weighted by atomic mass is 9.78. The summed E-state index contributed by atoms with van der Waals surface area (Å²) in [5.41, 5.74) is 7.75. The molecule has 13 heteroatoms. The maximum Gasteiger partial charge on any atom is 0.206 e. The van der Waals surface area contributed by atoms with E-state index in [1.54, 1.807) is 148 Å². The van der Waals surface area contributed by atoms with Gasteiger partial charge in [0.2, 0.25) is 29.5 Å². The van der Waals surface area contributed by atoms with Crippen molar-refractivity contribution < 1.29 is 44.2 Å². The highest BCUT2D eigenvalue weighted by Crippen LogP contribution is 2.37. The maximum absolute atomic E-state index is 13.4. The molecule has 0 aromatic heterocycles. The van der Waals surface area contributed by atoms with Crippen LogP contribution >= 0.6 is 0 Å². The molecular formula is C70H64O10S3. The van der Waals surface area contributed by atoms with Gasteiger partial charge in [0.1, 0.15) is 34.5 Å². The van der Waals surface area contributed by atoms with Gasteiger partial charge in [0.15, 0.2) is 0 Å². The number of hydrogen-bond acceptors (Lipinski definition) is 10. The fraction of sp³-hybridized carbons (Fsp3) is 0.143. The Morgan fingerprint density at radius 1 is 0.253 bits per heavy atom. The van der Waals surface area contributed by atoms with Crippen LogP contribution in [-0.4, -0.2) is 39.5 Å². The number of ether oxygens (including phenoxy) is 4. The summed E-state index contributed by atoms with van der Waals surface area (Å²) in [7, 11) is -7.67. The Kier molecular flexibility index (Phi) is 17.3. The first-order chi connectivity index (χ1) is 39.6. The monoisotopic (exact) mass is 1160 g/mol. The van der Waals surface area contributed by atoms with Crippen LogP contribution in [0.15, 0.2) is 272 Å². The topological polar surface area (TPSA) is 139 Å². The molecule has 10 aromatic rings. The number of hydrogen-bond donors (Lipinski definition) is 0. The number of methoxy groups -OCH3 is 2. The predicted octanol–water partition coefficient (Wildman–Crippen LogP) is 16.4. The smallest absolute Gasteiger partial charge is 0.206 e. The predicted molar refractivity (Wildman–Crippen MR) is 327 cm³/mol. The van der Waals surface area contributed by atoms with Crippen LogP contribution < -0.4 is 18.9 Å². The lowest BCUT2D eigenvalue weighted by Gasteiger charge is -2.26. The molecule has 0 amide bonds. The van der Waals surface area contributed by atoms with Crippen LogP contribution in [0.3, 0.4) is 0 Å². The summed E-state index contributed by atoms with van der Waals surface area (Å²) >= 11 is 0. The van der Waals surface area contributed by atoms with E-state index in [1.807, 2.05) is 74.5 Å². The van der Waals surface area contributed by atoms with Crippen LogP contribution in [-0.2, 0) is 40.3 Å². The fourth-order valence-electron chi connectivity index (χ4n) is 9.37. The quantitative estimate of drug-likeness (QED) is 0.0865. The first kappa shape index (κ1) is 58.9. The van der Waals surface area contributed by atoms with E-state index >= 15 is 0 Å². The van der Waals surface area contributed by atoms with Gasteiger partial charge in [-0.1, -0.05) is 136 Å². The lowest BCUT2D eigenvalue weighted by molar-refractivity contribution is 0.414. The van der Waals surface area contributed by atoms with Gasteiger partial charge in [-0.15, -0.1) is 0 Å². The zero-order chi connectivity index (χ0) is 59.2. The molecule has 0 atom stereocenters. The SMILES string of the molecule is COc1ccc(C(C)(C)c2ccc(Oc3ccc(S(=O)(=O)c4ccc(-c5ccc(S(=O)(=O)c6ccc(C)cc6)cc5)cc4)cc3)cc2)cc1.COc1ccc(C(C)(C)c2ccc(Oc3ccc(S(=O)(=O)c4ccc(C)cc4)cc3)cc2)cc1. The average molecular weight is 1160 g/mol. The molecule has 0 N–H and O–H groups in total. The molecule has 10 rings (SSSR count). The molecule has 0 radical (unpaired) electrons. The van der Waals surface area contributed by atoms with Crippen LogP contribution in [0, 0.1) is 13.8 Å². The van der Waals surface area contributed by atoms with E-state index in [0.29, 0.717) is 23.0 Å². The first-order valence-corrected chi connectivity index (χ1v) is 31.2. The third-order valence-electron chi connectivity index (χ3n) is 14.8. The highest BCUT2D eigenvalue weighted by molar-refractivity contribution is 7.92. The van der Waals surface area contributed by atoms with Gasteiger partial charge in [0.25, 0.3) is 0 Å². The molecule has 0 unspecified atom stereocenters. The van der Waals surface area contributed by atoms with Crippen molar-refractivity contribution in [2.24, 2.45) is 0 Å². The van der Waals surface area contributed by atoms with Crippen molar-refractivity contribution in [3.05, 3.63) is 276 Å². The highest BCUT2D eigenvalue weighted by atomic mass is 32.2. The second kappa shape index (κ2) is 24.4. The zero-order valence-electron chi connectivity index (χ0n) is 47.4. The molecule has 0 saturated carbocycles. The largest absolute Gasteiger partial charge is 0.497 e. The van der Waals surface area contributed by atoms with Crippen LogP contribution in [0.4, 0.5) is 0 Å². The summed E-state index contributed by atoms with van der Waals surface area (Å²) < 4.78 is 101. The van der Waals surface area contributed by atoms with Crippen molar-refractivity contribution in [2.45, 2.75) is 81.7 Å². The molecule has 10 aromatic carbocycles. The molecule has 0 aliphatic heterocycles. The third kappa shape index (κ3) is 13.3. The molecule has 0 aliphatic rings. The summed E-state index contributed by atoms with van der Waals surface area (Å²) in [6.45, 7) is 12.5. The normalized spacial score (nSPS) is 11.9. The first-order valence-electron chi connectivity index (χ1n) is 26.7. The van der Waals surface area contributed by atoms with Crippen LogP contribution in [0.5, 0.6) is 34.5 Å². The van der Waals surface area contributed by atoms with Gasteiger partial charge >= 0.3 is 0 Å². The lowest BCUT2D eigenvalue weighted by Crippen LogP contribution is -2.18. The standard InChI is InChI=1S/C41H36O6S2.C29H28O4S/c1-29-5-21-37(22-6-29)48(42,43)38-23-7-30(8-24-38)31-9-25-39(26-10-31)49(44,45)40-27-19-36(20-28-40)47-35-17-13-33(14-18-35)41(2,3)32-11-15-34(46-4)16-12-32;1-21-5-17-27(18-6-21)34(30,31)28-19-15-26(16-20-28)33-25-13-9-23(10-14-25)29(2,3)22-7-11-24(32-4)12-8-22/h5-28H,1-4H3;5-20H,1-4H3. The van der Waals surface area contributed by atoms with Crippen LogP contribution in [0.2, 0.25) is 0 Å². The van der Waals surface area contributed by atoms with Gasteiger partial charge in [-0.05, 0) is 193 Å². The van der Waals surface area contributed by atoms with E-state index in [-0.39, 0.29) is 40.2 Å². The molecule has 0 spiro atoms. The fourth-order valence-corrected chi connectivity index (χ4v) is 13.2. The Morgan fingerprint density at radius 2 is 0.434 bits per heavy atom. The van der Waals surface area contributed by atoms with Crippen LogP contribution in [0.1, 0.15) is 61.1 Å². The minimum atomic E-state index is -3.78. The van der Waals surface area contributed by atoms with E-state index in [0.717, 1.165) is 50.4 Å². The Balaban J connectivity index is 0.000000213. The zero-order valence-corrected chi connectivity index (χ0v) is 49.9. The summed E-state index contributed by atoms with van der Waals surface area (Å²) in [6, 6.07) is 71.5. The average Bonchev–Trinajstić information content (AvgIpc) is 3.56. The third-order valence-corrected chi connectivity index (χ3v) is 20.2. The molecule has 422 valence electrons. The number of sulfone groups is 3. The molecule has 0 fully saturated rings. The van der Waals surface area contributed by atoms with Crippen molar-refractivity contribution in [2.75, 3.05) is 14.2 Å². The van der Waals surface area contributed by atoms with E-state index in [1.165, 1.54) is 17.7 Å². The Labute approximate surface area is 488 Å². The number of aryl methyl sites for hydroxylation is 2. The van der Waals surface area contributed by atoms with Crippen LogP contribution in [0.25, 0.3) is 11.1 Å². The Morgan fingerprint density at radius 3 is 0.651 bits per heavy atom. The summed E-state index contributed by atoms with van der Waals surface area (Å²) in [5.74, 6) is 4.06. The summed E-state index contributed by atoms with van der Waals surface area (Å²) in [5, 5.41) is 0. The molecule has 10 nitrogen and oxygen atoms in total. The van der Waals surface area contributed by atoms with E-state index in [9.17, 15) is 25.3 Å². The van der Waals surface area contributed by atoms with Gasteiger partial charge in [0.05, 0.1) is 43.6 Å². The second-order valence-corrected chi connectivity index (χ2v) is 26.9. The van der Waals surface area contributed by atoms with Gasteiger partial charge in [-0.3, -0.25) is 0 Å². The minimum absolute atomic E-state index is 0.148. The second-order valence-electron chi connectivity index (χ2n) is 21.1. The summed E-state index contributed by atoms with van der Waals surface area (Å²) in [4.78, 5) is 1.24. The van der Waals surface area contributed by atoms with E-state index < -0.39 is 29.5 Å². The maximum atomic E-state index is 13.4. The molecule has 0 aliphatic carbocycles. The van der Waals surface area contributed by atoms with Crippen molar-refractivity contribution in [3.8, 4) is 45.6 Å². The van der Waals surface area contributed by atoms with Gasteiger partial charge in [0, 0.05) is 10.8 Å². The Hall–Kier alpha value is -8.75. The Bertz CT molecular complexity index is 4170. The number of rotatable bonds is 17. The van der Waals surface area contributed by atoms with Gasteiger partial charge < -0.3 is 18.9 Å². The molecule has 0 heterocycles. The summed E-state index contributed by atoms with van der Waals surface area (Å²) in [6.07, 6.45) is 0. The van der Waals surface area contributed by atoms with Gasteiger partial charge in [-0.25, -0.2) is 25.3 Å². The highest BCUT2D eigenvalue weighted by Gasteiger charge is 2.26. The van der Waals surface area contributed by atoms with E-state index in [2.05, 4.69) is 64.1 Å². The molecular weight excluding hydrogens is 1100 g/mol. The molecule has 83 heavy (non-hydrogen) atoms. The van der Waals surface area contributed by atoms with E-state index in [4.69, 9.17) is 18.9 Å². The van der Waals surface area contributed by atoms with Crippen molar-refractivity contribution in [3.63, 3.8) is 0 Å². The molecule has 0 saturated heterocycles. The number of benzene rings is 10. The minimum Gasteiger partial charge on any atom is -0.497 e.